The molecule has 0 bridgehead atoms. The number of benzene rings is 3. The van der Waals surface area contributed by atoms with E-state index < -0.39 is 16.1 Å². The molecule has 0 fully saturated rings. The van der Waals surface area contributed by atoms with Crippen LogP contribution in [0.5, 0.6) is 5.75 Å². The van der Waals surface area contributed by atoms with Crippen LogP contribution in [0.3, 0.4) is 0 Å². The smallest absolute Gasteiger partial charge is 0.245 e. The molecule has 156 valence electrons. The lowest BCUT2D eigenvalue weighted by Crippen LogP contribution is -2.30. The van der Waals surface area contributed by atoms with Crippen LogP contribution in [-0.4, -0.2) is 15.5 Å². The molecule has 30 heavy (non-hydrogen) atoms. The van der Waals surface area contributed by atoms with E-state index in [-0.39, 0.29) is 4.90 Å². The maximum atomic E-state index is 13.5. The molecule has 4 rings (SSSR count). The number of fused-ring (bicyclic) bond motifs is 1. The fourth-order valence-electron chi connectivity index (χ4n) is 4.15. The van der Waals surface area contributed by atoms with Gasteiger partial charge >= 0.3 is 0 Å². The van der Waals surface area contributed by atoms with E-state index in [1.807, 2.05) is 67.6 Å². The second kappa shape index (κ2) is 8.62. The van der Waals surface area contributed by atoms with Crippen LogP contribution in [-0.2, 0) is 22.9 Å². The van der Waals surface area contributed by atoms with Gasteiger partial charge in [-0.3, -0.25) is 0 Å². The van der Waals surface area contributed by atoms with Gasteiger partial charge in [-0.25, -0.2) is 8.42 Å². The van der Waals surface area contributed by atoms with Crippen LogP contribution < -0.4 is 9.46 Å². The topological polar surface area (TPSA) is 55.4 Å². The molecule has 1 atom stereocenters. The molecule has 3 aromatic carbocycles. The van der Waals surface area contributed by atoms with E-state index >= 15 is 0 Å². The van der Waals surface area contributed by atoms with Crippen molar-refractivity contribution in [2.45, 2.75) is 43.5 Å². The Labute approximate surface area is 179 Å². The van der Waals surface area contributed by atoms with Gasteiger partial charge in [0.15, 0.2) is 0 Å². The Kier molecular flexibility index (Phi) is 5.93. The maximum absolute atomic E-state index is 13.5. The number of methoxy groups -OCH3 is 1. The minimum Gasteiger partial charge on any atom is -0.495 e. The number of sulfonamides is 1. The van der Waals surface area contributed by atoms with E-state index in [1.54, 1.807) is 6.07 Å². The third-order valence-electron chi connectivity index (χ3n) is 5.70. The van der Waals surface area contributed by atoms with E-state index in [9.17, 15) is 8.42 Å². The van der Waals surface area contributed by atoms with E-state index in [2.05, 4.69) is 4.72 Å². The van der Waals surface area contributed by atoms with Crippen molar-refractivity contribution in [3.8, 4) is 5.75 Å². The molecule has 0 amide bonds. The Balaban J connectivity index is 1.78. The fraction of sp³-hybridized carbons (Fsp3) is 0.280. The van der Waals surface area contributed by atoms with Crippen LogP contribution in [0.1, 0.15) is 46.7 Å². The van der Waals surface area contributed by atoms with E-state index in [4.69, 9.17) is 4.74 Å². The summed E-state index contributed by atoms with van der Waals surface area (Å²) in [7, 11) is -2.29. The molecule has 0 aromatic heterocycles. The molecule has 5 heteroatoms. The molecule has 1 unspecified atom stereocenters. The van der Waals surface area contributed by atoms with Crippen molar-refractivity contribution in [3.05, 3.63) is 94.5 Å². The van der Waals surface area contributed by atoms with Crippen LogP contribution >= 0.6 is 0 Å². The number of ether oxygens (including phenoxy) is 1. The highest BCUT2D eigenvalue weighted by Crippen LogP contribution is 2.33. The number of nitrogens with one attached hydrogen (secondary N) is 1. The van der Waals surface area contributed by atoms with Crippen molar-refractivity contribution < 1.29 is 13.2 Å². The predicted octanol–water partition coefficient (Wildman–Crippen LogP) is 4.95. The van der Waals surface area contributed by atoms with Gasteiger partial charge in [0.1, 0.15) is 10.6 Å². The van der Waals surface area contributed by atoms with Crippen LogP contribution in [0, 0.1) is 6.92 Å². The third-order valence-corrected chi connectivity index (χ3v) is 7.14. The third kappa shape index (κ3) is 4.27. The van der Waals surface area contributed by atoms with Crippen LogP contribution in [0.2, 0.25) is 0 Å². The number of aryl methyl sites for hydroxylation is 3. The van der Waals surface area contributed by atoms with Gasteiger partial charge in [0.2, 0.25) is 10.0 Å². The summed E-state index contributed by atoms with van der Waals surface area (Å²) in [6, 6.07) is 20.8. The first-order valence-corrected chi connectivity index (χ1v) is 11.8. The highest BCUT2D eigenvalue weighted by molar-refractivity contribution is 7.89. The summed E-state index contributed by atoms with van der Waals surface area (Å²) >= 11 is 0. The standard InChI is InChI=1S/C25H27NO3S/c1-18-9-8-14-22(15-18)25(19-10-4-3-5-11-19)26-30(27,28)24-17-21-13-7-6-12-20(21)16-23(24)29-2/h3-5,8-11,14-17,25-26H,6-7,12-13H2,1-2H3. The average molecular weight is 422 g/mol. The van der Waals surface area contributed by atoms with Gasteiger partial charge in [-0.1, -0.05) is 60.2 Å². The molecule has 0 heterocycles. The van der Waals surface area contributed by atoms with Crippen molar-refractivity contribution in [2.24, 2.45) is 0 Å². The zero-order valence-electron chi connectivity index (χ0n) is 17.4. The largest absolute Gasteiger partial charge is 0.495 e. The minimum absolute atomic E-state index is 0.208. The lowest BCUT2D eigenvalue weighted by Gasteiger charge is -2.23. The van der Waals surface area contributed by atoms with Crippen molar-refractivity contribution in [2.75, 3.05) is 7.11 Å². The molecule has 1 N–H and O–H groups in total. The minimum atomic E-state index is -3.82. The summed E-state index contributed by atoms with van der Waals surface area (Å²) < 4.78 is 35.5. The Bertz CT molecular complexity index is 1140. The number of hydrogen-bond donors (Lipinski definition) is 1. The van der Waals surface area contributed by atoms with Crippen LogP contribution in [0.4, 0.5) is 0 Å². The monoisotopic (exact) mass is 421 g/mol. The van der Waals surface area contributed by atoms with Gasteiger partial charge in [-0.15, -0.1) is 0 Å². The first-order valence-electron chi connectivity index (χ1n) is 10.3. The SMILES string of the molecule is COc1cc2c(cc1S(=O)(=O)NC(c1ccccc1)c1cccc(C)c1)CCCC2. The summed E-state index contributed by atoms with van der Waals surface area (Å²) in [5.74, 6) is 0.402. The van der Waals surface area contributed by atoms with Crippen molar-refractivity contribution in [1.29, 1.82) is 0 Å². The highest BCUT2D eigenvalue weighted by atomic mass is 32.2. The van der Waals surface area contributed by atoms with E-state index in [1.165, 1.54) is 12.7 Å². The molecule has 0 aliphatic heterocycles. The average Bonchev–Trinajstić information content (AvgIpc) is 2.77. The molecular formula is C25H27NO3S. The van der Waals surface area contributed by atoms with Crippen molar-refractivity contribution in [1.82, 2.24) is 4.72 Å². The fourth-order valence-corrected chi connectivity index (χ4v) is 5.57. The molecule has 0 saturated carbocycles. The summed E-state index contributed by atoms with van der Waals surface area (Å²) in [6.45, 7) is 2.01. The maximum Gasteiger partial charge on any atom is 0.245 e. The highest BCUT2D eigenvalue weighted by Gasteiger charge is 2.27. The van der Waals surface area contributed by atoms with Gasteiger partial charge in [0.05, 0.1) is 13.2 Å². The lowest BCUT2D eigenvalue weighted by atomic mass is 9.92. The summed E-state index contributed by atoms with van der Waals surface area (Å²) in [5, 5.41) is 0. The van der Waals surface area contributed by atoms with Crippen molar-refractivity contribution >= 4 is 10.0 Å². The summed E-state index contributed by atoms with van der Waals surface area (Å²) in [4.78, 5) is 0.208. The molecule has 4 nitrogen and oxygen atoms in total. The van der Waals surface area contributed by atoms with Gasteiger partial charge in [-0.05, 0) is 67.0 Å². The van der Waals surface area contributed by atoms with Gasteiger partial charge in [0.25, 0.3) is 0 Å². The molecule has 0 saturated heterocycles. The Morgan fingerprint density at radius 3 is 2.20 bits per heavy atom. The van der Waals surface area contributed by atoms with E-state index in [0.29, 0.717) is 5.75 Å². The zero-order chi connectivity index (χ0) is 21.1. The molecule has 3 aromatic rings. The quantitative estimate of drug-likeness (QED) is 0.613. The molecule has 1 aliphatic carbocycles. The van der Waals surface area contributed by atoms with Crippen LogP contribution in [0.15, 0.2) is 71.6 Å². The van der Waals surface area contributed by atoms with Crippen LogP contribution in [0.25, 0.3) is 0 Å². The Morgan fingerprint density at radius 2 is 1.53 bits per heavy atom. The molecular weight excluding hydrogens is 394 g/mol. The Morgan fingerprint density at radius 1 is 0.867 bits per heavy atom. The molecule has 0 radical (unpaired) electrons. The first-order chi connectivity index (χ1) is 14.5. The van der Waals surface area contributed by atoms with Crippen molar-refractivity contribution in [3.63, 3.8) is 0 Å². The lowest BCUT2D eigenvalue weighted by molar-refractivity contribution is 0.400. The second-order valence-electron chi connectivity index (χ2n) is 7.86. The van der Waals surface area contributed by atoms with Gasteiger partial charge < -0.3 is 4.74 Å². The zero-order valence-corrected chi connectivity index (χ0v) is 18.2. The summed E-state index contributed by atoms with van der Waals surface area (Å²) in [5.41, 5.74) is 5.17. The van der Waals surface area contributed by atoms with Gasteiger partial charge in [0, 0.05) is 0 Å². The van der Waals surface area contributed by atoms with E-state index in [0.717, 1.165) is 47.9 Å². The molecule has 1 aliphatic rings. The Hall–Kier alpha value is -2.63. The predicted molar refractivity (Wildman–Crippen MR) is 119 cm³/mol. The first kappa shape index (κ1) is 20.6. The number of rotatable bonds is 6. The summed E-state index contributed by atoms with van der Waals surface area (Å²) in [6.07, 6.45) is 4.09. The van der Waals surface area contributed by atoms with Gasteiger partial charge in [-0.2, -0.15) is 4.72 Å². The normalized spacial score (nSPS) is 14.7. The molecule has 0 spiro atoms. The number of hydrogen-bond acceptors (Lipinski definition) is 3. The second-order valence-corrected chi connectivity index (χ2v) is 9.54.